The average Bonchev–Trinajstić information content (AvgIpc) is 2.45. The number of nitrogens with one attached hydrogen (secondary N) is 1. The molecule has 7 heteroatoms. The molecule has 1 aromatic heterocycles. The van der Waals surface area contributed by atoms with Gasteiger partial charge in [-0.05, 0) is 25.5 Å². The van der Waals surface area contributed by atoms with E-state index in [4.69, 9.17) is 5.11 Å². The number of halogens is 3. The summed E-state index contributed by atoms with van der Waals surface area (Å²) < 4.78 is 36.6. The van der Waals surface area contributed by atoms with Crippen LogP contribution in [0.1, 0.15) is 22.5 Å². The lowest BCUT2D eigenvalue weighted by Crippen LogP contribution is -2.34. The number of amides is 1. The van der Waals surface area contributed by atoms with E-state index in [1.807, 2.05) is 0 Å². The number of hydrogen-bond donors (Lipinski definition) is 2. The third kappa shape index (κ3) is 3.73. The molecule has 0 fully saturated rings. The summed E-state index contributed by atoms with van der Waals surface area (Å²) in [6.07, 6.45) is -7.70. The highest BCUT2D eigenvalue weighted by molar-refractivity contribution is 6.06. The van der Waals surface area contributed by atoms with Crippen LogP contribution in [0.4, 0.5) is 13.2 Å². The second kappa shape index (κ2) is 6.31. The number of carbonyl (C=O) groups is 1. The highest BCUT2D eigenvalue weighted by Crippen LogP contribution is 2.22. The predicted molar refractivity (Wildman–Crippen MR) is 75.5 cm³/mol. The van der Waals surface area contributed by atoms with Gasteiger partial charge in [0.1, 0.15) is 0 Å². The summed E-state index contributed by atoms with van der Waals surface area (Å²) >= 11 is 0. The van der Waals surface area contributed by atoms with Crippen LogP contribution >= 0.6 is 0 Å². The lowest BCUT2D eigenvalue weighted by molar-refractivity contribution is -0.204. The number of fused-ring (bicyclic) bond motifs is 1. The van der Waals surface area contributed by atoms with Gasteiger partial charge in [-0.1, -0.05) is 18.2 Å². The van der Waals surface area contributed by atoms with Crippen LogP contribution in [0.15, 0.2) is 30.3 Å². The molecule has 1 aromatic carbocycles. The number of alkyl halides is 3. The first-order chi connectivity index (χ1) is 10.3. The quantitative estimate of drug-likeness (QED) is 0.912. The van der Waals surface area contributed by atoms with E-state index in [0.717, 1.165) is 0 Å². The van der Waals surface area contributed by atoms with Gasteiger partial charge >= 0.3 is 6.18 Å². The number of para-hydroxylation sites is 1. The van der Waals surface area contributed by atoms with Crippen LogP contribution in [0, 0.1) is 6.92 Å². The number of pyridine rings is 1. The van der Waals surface area contributed by atoms with Crippen molar-refractivity contribution in [2.45, 2.75) is 25.6 Å². The second-order valence-electron chi connectivity index (χ2n) is 4.93. The number of aromatic nitrogens is 1. The zero-order valence-corrected chi connectivity index (χ0v) is 11.8. The summed E-state index contributed by atoms with van der Waals surface area (Å²) in [5, 5.41) is 11.9. The monoisotopic (exact) mass is 312 g/mol. The fraction of sp³-hybridized carbons (Fsp3) is 0.333. The van der Waals surface area contributed by atoms with Gasteiger partial charge in [0.15, 0.2) is 6.10 Å². The molecule has 0 bridgehead atoms. The van der Waals surface area contributed by atoms with E-state index in [9.17, 15) is 18.0 Å². The molecule has 0 saturated heterocycles. The molecule has 1 atom stereocenters. The molecule has 0 saturated carbocycles. The molecule has 0 aliphatic rings. The molecular formula is C15H15F3N2O2. The van der Waals surface area contributed by atoms with Gasteiger partial charge in [0.25, 0.3) is 5.91 Å². The minimum absolute atomic E-state index is 0.269. The van der Waals surface area contributed by atoms with E-state index in [-0.39, 0.29) is 6.54 Å². The number of aliphatic hydroxyl groups is 1. The van der Waals surface area contributed by atoms with Crippen molar-refractivity contribution in [1.82, 2.24) is 10.3 Å². The molecule has 0 spiro atoms. The number of carbonyl (C=O) groups excluding carboxylic acids is 1. The first-order valence-electron chi connectivity index (χ1n) is 6.68. The molecular weight excluding hydrogens is 297 g/mol. The number of benzene rings is 1. The van der Waals surface area contributed by atoms with E-state index < -0.39 is 24.6 Å². The van der Waals surface area contributed by atoms with E-state index in [2.05, 4.69) is 10.3 Å². The number of hydrogen-bond acceptors (Lipinski definition) is 3. The van der Waals surface area contributed by atoms with Gasteiger partial charge in [0.05, 0.1) is 11.1 Å². The van der Waals surface area contributed by atoms with Gasteiger partial charge in [-0.3, -0.25) is 9.78 Å². The van der Waals surface area contributed by atoms with E-state index in [0.29, 0.717) is 22.2 Å². The van der Waals surface area contributed by atoms with Crippen LogP contribution in [0.3, 0.4) is 0 Å². The molecule has 2 N–H and O–H groups in total. The van der Waals surface area contributed by atoms with Crippen molar-refractivity contribution >= 4 is 16.8 Å². The first-order valence-corrected chi connectivity index (χ1v) is 6.68. The summed E-state index contributed by atoms with van der Waals surface area (Å²) in [5.74, 6) is -0.490. The second-order valence-corrected chi connectivity index (χ2v) is 4.93. The van der Waals surface area contributed by atoms with Gasteiger partial charge in [-0.2, -0.15) is 13.2 Å². The number of aryl methyl sites for hydroxylation is 1. The summed E-state index contributed by atoms with van der Waals surface area (Å²) in [5.41, 5.74) is 1.63. The normalized spacial score (nSPS) is 13.1. The lowest BCUT2D eigenvalue weighted by Gasteiger charge is -2.15. The number of aliphatic hydroxyl groups excluding tert-OH is 1. The molecule has 2 aromatic rings. The maximum absolute atomic E-state index is 12.2. The van der Waals surface area contributed by atoms with Crippen molar-refractivity contribution in [2.75, 3.05) is 6.54 Å². The molecule has 118 valence electrons. The lowest BCUT2D eigenvalue weighted by atomic mass is 10.1. The van der Waals surface area contributed by atoms with Crippen molar-refractivity contribution in [3.8, 4) is 0 Å². The Hall–Kier alpha value is -2.15. The van der Waals surface area contributed by atoms with Crippen LogP contribution in [0.2, 0.25) is 0 Å². The molecule has 1 amide bonds. The van der Waals surface area contributed by atoms with E-state index in [1.165, 1.54) is 0 Å². The van der Waals surface area contributed by atoms with E-state index >= 15 is 0 Å². The Bertz CT molecular complexity index is 686. The zero-order valence-electron chi connectivity index (χ0n) is 11.8. The van der Waals surface area contributed by atoms with Gasteiger partial charge in [0.2, 0.25) is 0 Å². The average molecular weight is 312 g/mol. The summed E-state index contributed by atoms with van der Waals surface area (Å²) in [7, 11) is 0. The number of nitrogens with zero attached hydrogens (tertiary/aromatic N) is 1. The van der Waals surface area contributed by atoms with Crippen LogP contribution in [0.5, 0.6) is 0 Å². The Balaban J connectivity index is 2.10. The zero-order chi connectivity index (χ0) is 16.3. The minimum Gasteiger partial charge on any atom is -0.384 e. The van der Waals surface area contributed by atoms with Gasteiger partial charge in [-0.15, -0.1) is 0 Å². The fourth-order valence-electron chi connectivity index (χ4n) is 2.08. The van der Waals surface area contributed by atoms with Crippen molar-refractivity contribution in [3.63, 3.8) is 0 Å². The topological polar surface area (TPSA) is 62.2 Å². The Labute approximate surface area is 125 Å². The SMILES string of the molecule is Cc1cc(C(=O)NCCC(O)C(F)(F)F)c2ccccc2n1. The number of rotatable bonds is 4. The Morgan fingerprint density at radius 3 is 2.73 bits per heavy atom. The third-order valence-corrected chi connectivity index (χ3v) is 3.17. The van der Waals surface area contributed by atoms with E-state index in [1.54, 1.807) is 37.3 Å². The van der Waals surface area contributed by atoms with Gasteiger partial charge < -0.3 is 10.4 Å². The standard InChI is InChI=1S/C15H15F3N2O2/c1-9-8-11(10-4-2-3-5-12(10)20-9)14(22)19-7-6-13(21)15(16,17)18/h2-5,8,13,21H,6-7H2,1H3,(H,19,22). The summed E-state index contributed by atoms with van der Waals surface area (Å²) in [6, 6.07) is 8.60. The maximum atomic E-state index is 12.2. The molecule has 0 radical (unpaired) electrons. The summed E-state index contributed by atoms with van der Waals surface area (Å²) in [6.45, 7) is 1.46. The maximum Gasteiger partial charge on any atom is 0.414 e. The van der Waals surface area contributed by atoms with Crippen molar-refractivity contribution in [2.24, 2.45) is 0 Å². The van der Waals surface area contributed by atoms with Crippen LogP contribution in [0.25, 0.3) is 10.9 Å². The highest BCUT2D eigenvalue weighted by atomic mass is 19.4. The Kier molecular flexibility index (Phi) is 4.65. The third-order valence-electron chi connectivity index (χ3n) is 3.17. The smallest absolute Gasteiger partial charge is 0.384 e. The summed E-state index contributed by atoms with van der Waals surface area (Å²) in [4.78, 5) is 16.4. The predicted octanol–water partition coefficient (Wildman–Crippen LogP) is 2.59. The first kappa shape index (κ1) is 16.2. The fourth-order valence-corrected chi connectivity index (χ4v) is 2.08. The minimum atomic E-state index is -4.68. The Morgan fingerprint density at radius 2 is 2.05 bits per heavy atom. The highest BCUT2D eigenvalue weighted by Gasteiger charge is 2.37. The van der Waals surface area contributed by atoms with Crippen LogP contribution in [-0.2, 0) is 0 Å². The Morgan fingerprint density at radius 1 is 1.36 bits per heavy atom. The molecule has 0 aliphatic heterocycles. The molecule has 0 aliphatic carbocycles. The van der Waals surface area contributed by atoms with Crippen LogP contribution in [-0.4, -0.2) is 34.8 Å². The van der Waals surface area contributed by atoms with Crippen molar-refractivity contribution in [3.05, 3.63) is 41.6 Å². The molecule has 1 unspecified atom stereocenters. The molecule has 22 heavy (non-hydrogen) atoms. The van der Waals surface area contributed by atoms with Gasteiger partial charge in [0, 0.05) is 17.6 Å². The largest absolute Gasteiger partial charge is 0.414 e. The molecule has 4 nitrogen and oxygen atoms in total. The van der Waals surface area contributed by atoms with Crippen molar-refractivity contribution in [1.29, 1.82) is 0 Å². The van der Waals surface area contributed by atoms with Crippen LogP contribution < -0.4 is 5.32 Å². The van der Waals surface area contributed by atoms with Gasteiger partial charge in [-0.25, -0.2) is 0 Å². The molecule has 2 rings (SSSR count). The van der Waals surface area contributed by atoms with Crippen molar-refractivity contribution < 1.29 is 23.1 Å². The molecule has 1 heterocycles.